The van der Waals surface area contributed by atoms with E-state index < -0.39 is 0 Å². The molecule has 0 aromatic heterocycles. The molecule has 0 saturated heterocycles. The molecule has 0 fully saturated rings. The van der Waals surface area contributed by atoms with E-state index in [4.69, 9.17) is 0 Å². The van der Waals surface area contributed by atoms with Crippen LogP contribution in [-0.4, -0.2) is 42.3 Å². The minimum atomic E-state index is -0.359. The summed E-state index contributed by atoms with van der Waals surface area (Å²) in [5.41, 5.74) is 0.511. The van der Waals surface area contributed by atoms with Crippen molar-refractivity contribution in [1.29, 1.82) is 0 Å². The smallest absolute Gasteiger partial charge is 0.243 e. The largest absolute Gasteiger partial charge is 0.336 e. The maximum absolute atomic E-state index is 12.7. The van der Waals surface area contributed by atoms with Crippen molar-refractivity contribution in [2.75, 3.05) is 30.9 Å². The lowest BCUT2D eigenvalue weighted by Gasteiger charge is -2.16. The van der Waals surface area contributed by atoms with Crippen molar-refractivity contribution in [2.24, 2.45) is 0 Å². The lowest BCUT2D eigenvalue weighted by atomic mass is 10.3. The minimum Gasteiger partial charge on any atom is -0.336 e. The van der Waals surface area contributed by atoms with E-state index >= 15 is 0 Å². The fraction of sp³-hybridized carbons (Fsp3) is 0.385. The zero-order valence-corrected chi connectivity index (χ0v) is 11.8. The SMILES string of the molecule is CSCCC(=O)N(C)CC(=O)Nc1ccc(F)cc1. The van der Waals surface area contributed by atoms with E-state index in [1.807, 2.05) is 6.26 Å². The van der Waals surface area contributed by atoms with Crippen LogP contribution in [0, 0.1) is 5.82 Å². The van der Waals surface area contributed by atoms with Crippen molar-refractivity contribution in [3.63, 3.8) is 0 Å². The number of halogens is 1. The molecule has 19 heavy (non-hydrogen) atoms. The summed E-state index contributed by atoms with van der Waals surface area (Å²) >= 11 is 1.59. The molecule has 0 aliphatic rings. The summed E-state index contributed by atoms with van der Waals surface area (Å²) < 4.78 is 12.7. The number of hydrogen-bond acceptors (Lipinski definition) is 3. The van der Waals surface area contributed by atoms with Crippen LogP contribution in [0.2, 0.25) is 0 Å². The highest BCUT2D eigenvalue weighted by atomic mass is 32.2. The molecule has 4 nitrogen and oxygen atoms in total. The van der Waals surface area contributed by atoms with E-state index in [1.165, 1.54) is 29.2 Å². The third-order valence-electron chi connectivity index (χ3n) is 2.45. The summed E-state index contributed by atoms with van der Waals surface area (Å²) in [6.45, 7) is -0.00933. The second-order valence-corrected chi connectivity index (χ2v) is 5.03. The zero-order chi connectivity index (χ0) is 14.3. The molecule has 1 N–H and O–H groups in total. The lowest BCUT2D eigenvalue weighted by Crippen LogP contribution is -2.35. The predicted molar refractivity (Wildman–Crippen MR) is 75.7 cm³/mol. The van der Waals surface area contributed by atoms with Gasteiger partial charge in [-0.25, -0.2) is 4.39 Å². The zero-order valence-electron chi connectivity index (χ0n) is 11.0. The fourth-order valence-electron chi connectivity index (χ4n) is 1.42. The minimum absolute atomic E-state index is 0.00933. The molecule has 0 heterocycles. The molecule has 1 aromatic rings. The number of anilines is 1. The average molecular weight is 284 g/mol. The summed E-state index contributed by atoms with van der Waals surface area (Å²) in [5, 5.41) is 2.61. The first-order valence-corrected chi connectivity index (χ1v) is 7.20. The van der Waals surface area contributed by atoms with Crippen molar-refractivity contribution in [2.45, 2.75) is 6.42 Å². The predicted octanol–water partition coefficient (Wildman–Crippen LogP) is 1.98. The van der Waals surface area contributed by atoms with Crippen LogP contribution in [0.3, 0.4) is 0 Å². The van der Waals surface area contributed by atoms with Gasteiger partial charge in [-0.15, -0.1) is 0 Å². The van der Waals surface area contributed by atoms with Gasteiger partial charge < -0.3 is 10.2 Å². The average Bonchev–Trinajstić information content (AvgIpc) is 2.38. The van der Waals surface area contributed by atoms with Gasteiger partial charge in [0.1, 0.15) is 5.82 Å². The number of rotatable bonds is 6. The number of hydrogen-bond donors (Lipinski definition) is 1. The molecule has 104 valence electrons. The summed E-state index contributed by atoms with van der Waals surface area (Å²) in [5.74, 6) is 0.0144. The summed E-state index contributed by atoms with van der Waals surface area (Å²) in [6, 6.07) is 5.48. The van der Waals surface area contributed by atoms with Gasteiger partial charge in [-0.05, 0) is 30.5 Å². The van der Waals surface area contributed by atoms with Crippen LogP contribution in [0.4, 0.5) is 10.1 Å². The van der Waals surface area contributed by atoms with Crippen molar-refractivity contribution in [3.8, 4) is 0 Å². The molecule has 0 aliphatic carbocycles. The number of likely N-dealkylation sites (N-methyl/N-ethyl adjacent to an activating group) is 1. The Labute approximate surface area is 116 Å². The van der Waals surface area contributed by atoms with Crippen LogP contribution >= 0.6 is 11.8 Å². The van der Waals surface area contributed by atoms with Gasteiger partial charge in [0.2, 0.25) is 11.8 Å². The van der Waals surface area contributed by atoms with E-state index in [0.29, 0.717) is 12.1 Å². The second kappa shape index (κ2) is 7.78. The molecule has 2 amide bonds. The third kappa shape index (κ3) is 5.74. The monoisotopic (exact) mass is 284 g/mol. The maximum Gasteiger partial charge on any atom is 0.243 e. The van der Waals surface area contributed by atoms with Gasteiger partial charge in [-0.3, -0.25) is 9.59 Å². The molecular weight excluding hydrogens is 267 g/mol. The van der Waals surface area contributed by atoms with Gasteiger partial charge in [0.05, 0.1) is 6.54 Å². The van der Waals surface area contributed by atoms with E-state index in [-0.39, 0.29) is 24.2 Å². The first-order chi connectivity index (χ1) is 9.02. The lowest BCUT2D eigenvalue weighted by molar-refractivity contribution is -0.132. The number of benzene rings is 1. The summed E-state index contributed by atoms with van der Waals surface area (Å²) in [6.07, 6.45) is 2.34. The highest BCUT2D eigenvalue weighted by Gasteiger charge is 2.12. The van der Waals surface area contributed by atoms with Crippen LogP contribution in [-0.2, 0) is 9.59 Å². The Balaban J connectivity index is 2.42. The number of nitrogens with one attached hydrogen (secondary N) is 1. The van der Waals surface area contributed by atoms with Crippen molar-refractivity contribution < 1.29 is 14.0 Å². The van der Waals surface area contributed by atoms with Gasteiger partial charge in [-0.1, -0.05) is 0 Å². The van der Waals surface area contributed by atoms with Gasteiger partial charge in [0, 0.05) is 24.9 Å². The van der Waals surface area contributed by atoms with Crippen LogP contribution in [0.5, 0.6) is 0 Å². The molecule has 0 unspecified atom stereocenters. The number of carbonyl (C=O) groups excluding carboxylic acids is 2. The second-order valence-electron chi connectivity index (χ2n) is 4.05. The quantitative estimate of drug-likeness (QED) is 0.869. The highest BCUT2D eigenvalue weighted by Crippen LogP contribution is 2.08. The molecule has 1 aromatic carbocycles. The number of carbonyl (C=O) groups is 2. The topological polar surface area (TPSA) is 49.4 Å². The Morgan fingerprint density at radius 1 is 1.32 bits per heavy atom. The molecule has 0 aliphatic heterocycles. The maximum atomic E-state index is 12.7. The first-order valence-electron chi connectivity index (χ1n) is 5.81. The Morgan fingerprint density at radius 2 is 1.95 bits per heavy atom. The van der Waals surface area contributed by atoms with Gasteiger partial charge in [0.15, 0.2) is 0 Å². The fourth-order valence-corrected chi connectivity index (χ4v) is 1.80. The molecule has 0 atom stereocenters. The Kier molecular flexibility index (Phi) is 6.35. The Bertz CT molecular complexity index is 437. The van der Waals surface area contributed by atoms with Gasteiger partial charge >= 0.3 is 0 Å². The molecule has 0 bridgehead atoms. The Morgan fingerprint density at radius 3 is 2.53 bits per heavy atom. The van der Waals surface area contributed by atoms with Crippen LogP contribution in [0.1, 0.15) is 6.42 Å². The van der Waals surface area contributed by atoms with E-state index in [0.717, 1.165) is 5.75 Å². The molecule has 0 radical (unpaired) electrons. The van der Waals surface area contributed by atoms with Gasteiger partial charge in [0.25, 0.3) is 0 Å². The van der Waals surface area contributed by atoms with Crippen LogP contribution < -0.4 is 5.32 Å². The standard InChI is InChI=1S/C13H17FN2O2S/c1-16(13(18)7-8-19-2)9-12(17)15-11-5-3-10(14)4-6-11/h3-6H,7-9H2,1-2H3,(H,15,17). The van der Waals surface area contributed by atoms with Crippen molar-refractivity contribution >= 4 is 29.3 Å². The Hall–Kier alpha value is -1.56. The molecule has 6 heteroatoms. The molecule has 0 spiro atoms. The van der Waals surface area contributed by atoms with E-state index in [1.54, 1.807) is 18.8 Å². The van der Waals surface area contributed by atoms with Crippen LogP contribution in [0.15, 0.2) is 24.3 Å². The highest BCUT2D eigenvalue weighted by molar-refractivity contribution is 7.98. The third-order valence-corrected chi connectivity index (χ3v) is 3.07. The first kappa shape index (κ1) is 15.5. The van der Waals surface area contributed by atoms with E-state index in [9.17, 15) is 14.0 Å². The van der Waals surface area contributed by atoms with Crippen LogP contribution in [0.25, 0.3) is 0 Å². The number of nitrogens with zero attached hydrogens (tertiary/aromatic N) is 1. The number of thioether (sulfide) groups is 1. The van der Waals surface area contributed by atoms with Crippen molar-refractivity contribution in [1.82, 2.24) is 4.90 Å². The molecule has 1 rings (SSSR count). The number of amides is 2. The summed E-state index contributed by atoms with van der Waals surface area (Å²) in [7, 11) is 1.59. The van der Waals surface area contributed by atoms with E-state index in [2.05, 4.69) is 5.32 Å². The van der Waals surface area contributed by atoms with Crippen molar-refractivity contribution in [3.05, 3.63) is 30.1 Å². The normalized spacial score (nSPS) is 10.1. The molecule has 0 saturated carbocycles. The van der Waals surface area contributed by atoms with Gasteiger partial charge in [-0.2, -0.15) is 11.8 Å². The summed E-state index contributed by atoms with van der Waals surface area (Å²) in [4.78, 5) is 24.7. The molecular formula is C13H17FN2O2S.